The molecule has 2 atom stereocenters. The largest absolute Gasteiger partial charge is 0.425 e. The van der Waals surface area contributed by atoms with Crippen LogP contribution in [-0.2, 0) is 58.9 Å². The van der Waals surface area contributed by atoms with Crippen molar-refractivity contribution in [3.63, 3.8) is 0 Å². The third-order valence-corrected chi connectivity index (χ3v) is 12.3. The highest BCUT2D eigenvalue weighted by molar-refractivity contribution is 5.91. The molecule has 2 heterocycles. The molecule has 4 nitrogen and oxygen atoms in total. The van der Waals surface area contributed by atoms with Crippen LogP contribution in [0.2, 0.25) is 0 Å². The van der Waals surface area contributed by atoms with Crippen LogP contribution in [0.1, 0.15) is 174 Å². The van der Waals surface area contributed by atoms with Gasteiger partial charge in [-0.3, -0.25) is 9.59 Å². The first-order chi connectivity index (χ1) is 26.5. The molecule has 4 aliphatic rings. The summed E-state index contributed by atoms with van der Waals surface area (Å²) < 4.78 is 11.8. The lowest BCUT2D eigenvalue weighted by molar-refractivity contribution is -0.134. The van der Waals surface area contributed by atoms with Crippen LogP contribution in [0, 0.1) is 11.8 Å². The molecule has 2 aliphatic carbocycles. The van der Waals surface area contributed by atoms with Crippen molar-refractivity contribution in [2.45, 2.75) is 156 Å². The van der Waals surface area contributed by atoms with E-state index in [1.54, 1.807) is 0 Å². The van der Waals surface area contributed by atoms with Crippen molar-refractivity contribution in [3.05, 3.63) is 127 Å². The van der Waals surface area contributed by atoms with E-state index in [2.05, 4.69) is 130 Å². The van der Waals surface area contributed by atoms with E-state index in [9.17, 15) is 9.59 Å². The molecule has 2 aliphatic heterocycles. The first-order valence-electron chi connectivity index (χ1n) is 21.5. The van der Waals surface area contributed by atoms with Crippen molar-refractivity contribution in [3.8, 4) is 11.5 Å². The van der Waals surface area contributed by atoms with Crippen LogP contribution >= 0.6 is 0 Å². The summed E-state index contributed by atoms with van der Waals surface area (Å²) in [6, 6.07) is 22.1. The minimum absolute atomic E-state index is 0.0345. The molecule has 8 rings (SSSR count). The molecule has 0 saturated heterocycles. The summed E-state index contributed by atoms with van der Waals surface area (Å²) in [6.07, 6.45) is 11.3. The SMILES string of the molecule is CC(C)Cc1cc(C(C)(C)C)cc2c1OC(=O)C2c1ccc2c(c1)CCCC2.CC(C)Cc1cc(C(C)(C)C)cc2c1OC(=O)C2c1cccc2c1CCCC2. The Bertz CT molecular complexity index is 2130. The van der Waals surface area contributed by atoms with Gasteiger partial charge in [-0.25, -0.2) is 0 Å². The van der Waals surface area contributed by atoms with Gasteiger partial charge in [0.2, 0.25) is 0 Å². The first kappa shape index (κ1) is 40.0. The van der Waals surface area contributed by atoms with Gasteiger partial charge in [-0.1, -0.05) is 130 Å². The molecule has 0 radical (unpaired) electrons. The maximum atomic E-state index is 13.1. The fourth-order valence-electron chi connectivity index (χ4n) is 9.35. The smallest absolute Gasteiger partial charge is 0.323 e. The van der Waals surface area contributed by atoms with E-state index in [1.165, 1.54) is 75.8 Å². The molecule has 4 aromatic rings. The van der Waals surface area contributed by atoms with Crippen LogP contribution in [0.4, 0.5) is 0 Å². The second kappa shape index (κ2) is 15.6. The summed E-state index contributed by atoms with van der Waals surface area (Å²) in [7, 11) is 0. The topological polar surface area (TPSA) is 52.6 Å². The zero-order valence-corrected chi connectivity index (χ0v) is 35.8. The summed E-state index contributed by atoms with van der Waals surface area (Å²) in [5.41, 5.74) is 15.0. The highest BCUT2D eigenvalue weighted by atomic mass is 16.5. The van der Waals surface area contributed by atoms with Crippen molar-refractivity contribution < 1.29 is 19.1 Å². The molecule has 4 heteroatoms. The lowest BCUT2D eigenvalue weighted by Gasteiger charge is -2.24. The van der Waals surface area contributed by atoms with Crippen LogP contribution in [0.5, 0.6) is 11.5 Å². The van der Waals surface area contributed by atoms with Gasteiger partial charge in [0.1, 0.15) is 23.3 Å². The van der Waals surface area contributed by atoms with Crippen LogP contribution in [0.25, 0.3) is 0 Å². The Morgan fingerprint density at radius 1 is 0.554 bits per heavy atom. The third-order valence-electron chi connectivity index (χ3n) is 12.3. The Morgan fingerprint density at radius 3 is 1.61 bits per heavy atom. The Balaban J connectivity index is 0.000000172. The molecule has 56 heavy (non-hydrogen) atoms. The van der Waals surface area contributed by atoms with Crippen LogP contribution in [-0.4, -0.2) is 11.9 Å². The molecule has 0 N–H and O–H groups in total. The zero-order chi connectivity index (χ0) is 40.1. The van der Waals surface area contributed by atoms with E-state index >= 15 is 0 Å². The van der Waals surface area contributed by atoms with Gasteiger partial charge in [0.25, 0.3) is 0 Å². The Kier molecular flexibility index (Phi) is 11.2. The first-order valence-corrected chi connectivity index (χ1v) is 21.5. The van der Waals surface area contributed by atoms with E-state index in [4.69, 9.17) is 9.47 Å². The Labute approximate surface area is 336 Å². The van der Waals surface area contributed by atoms with E-state index in [1.807, 2.05) is 0 Å². The average molecular weight is 753 g/mol. The number of hydrogen-bond donors (Lipinski definition) is 0. The number of esters is 2. The van der Waals surface area contributed by atoms with Crippen LogP contribution < -0.4 is 9.47 Å². The summed E-state index contributed by atoms with van der Waals surface area (Å²) >= 11 is 0. The summed E-state index contributed by atoms with van der Waals surface area (Å²) in [6.45, 7) is 22.3. The number of benzene rings is 4. The molecular weight excluding hydrogens is 689 g/mol. The van der Waals surface area contributed by atoms with Crippen LogP contribution in [0.15, 0.2) is 60.7 Å². The molecule has 4 aromatic carbocycles. The third kappa shape index (κ3) is 8.13. The molecule has 2 unspecified atom stereocenters. The molecule has 0 bridgehead atoms. The van der Waals surface area contributed by atoms with Crippen LogP contribution in [0.3, 0.4) is 0 Å². The second-order valence-corrected chi connectivity index (χ2v) is 19.9. The van der Waals surface area contributed by atoms with Crippen molar-refractivity contribution in [1.82, 2.24) is 0 Å². The second-order valence-electron chi connectivity index (χ2n) is 19.9. The maximum absolute atomic E-state index is 13.1. The minimum atomic E-state index is -0.296. The fourth-order valence-corrected chi connectivity index (χ4v) is 9.35. The number of rotatable bonds is 6. The molecule has 296 valence electrons. The summed E-state index contributed by atoms with van der Waals surface area (Å²) in [4.78, 5) is 26.1. The number of fused-ring (bicyclic) bond motifs is 4. The summed E-state index contributed by atoms with van der Waals surface area (Å²) in [5, 5.41) is 0. The number of aryl methyl sites for hydroxylation is 3. The Hall–Kier alpha value is -4.18. The quantitative estimate of drug-likeness (QED) is 0.145. The van der Waals surface area contributed by atoms with Gasteiger partial charge >= 0.3 is 11.9 Å². The molecule has 0 saturated carbocycles. The normalized spacial score (nSPS) is 18.8. The van der Waals surface area contributed by atoms with Gasteiger partial charge < -0.3 is 9.47 Å². The van der Waals surface area contributed by atoms with Crippen molar-refractivity contribution >= 4 is 11.9 Å². The monoisotopic (exact) mass is 752 g/mol. The van der Waals surface area contributed by atoms with Gasteiger partial charge in [0, 0.05) is 11.1 Å². The molecular formula is C52H64O4. The molecule has 0 fully saturated rings. The average Bonchev–Trinajstić information content (AvgIpc) is 3.65. The molecule has 0 spiro atoms. The van der Waals surface area contributed by atoms with E-state index in [-0.39, 0.29) is 34.6 Å². The van der Waals surface area contributed by atoms with Gasteiger partial charge in [0.15, 0.2) is 0 Å². The van der Waals surface area contributed by atoms with Gasteiger partial charge in [0.05, 0.1) is 0 Å². The highest BCUT2D eigenvalue weighted by Crippen LogP contribution is 2.47. The molecule has 0 aromatic heterocycles. The number of carbonyl (C=O) groups excluding carboxylic acids is 2. The summed E-state index contributed by atoms with van der Waals surface area (Å²) in [5.74, 6) is 1.86. The van der Waals surface area contributed by atoms with Gasteiger partial charge in [-0.2, -0.15) is 0 Å². The van der Waals surface area contributed by atoms with E-state index in [0.29, 0.717) is 11.8 Å². The predicted molar refractivity (Wildman–Crippen MR) is 228 cm³/mol. The number of carbonyl (C=O) groups is 2. The Morgan fingerprint density at radius 2 is 1.05 bits per heavy atom. The standard InChI is InChI=1S/2C26H32O2/c1-16(2)13-18-14-19(26(3,4)5)15-22-23(25(27)28-24(18)22)21-12-8-10-17-9-6-7-11-20(17)21;1-16(2)12-20-14-21(26(3,4)5)15-22-23(25(27)28-24(20)22)19-11-10-17-8-6-7-9-18(17)13-19/h8,10,12,14-16,23H,6-7,9,11,13H2,1-5H3;10-11,13-16,23H,6-9,12H2,1-5H3. The highest BCUT2D eigenvalue weighted by Gasteiger charge is 2.40. The fraction of sp³-hybridized carbons (Fsp3) is 0.500. The van der Waals surface area contributed by atoms with Crippen molar-refractivity contribution in [2.24, 2.45) is 11.8 Å². The zero-order valence-electron chi connectivity index (χ0n) is 35.8. The lowest BCUT2D eigenvalue weighted by atomic mass is 9.78. The van der Waals surface area contributed by atoms with Crippen molar-refractivity contribution in [2.75, 3.05) is 0 Å². The maximum Gasteiger partial charge on any atom is 0.323 e. The lowest BCUT2D eigenvalue weighted by Crippen LogP contribution is -2.16. The van der Waals surface area contributed by atoms with E-state index < -0.39 is 0 Å². The minimum Gasteiger partial charge on any atom is -0.425 e. The van der Waals surface area contributed by atoms with Crippen molar-refractivity contribution in [1.29, 1.82) is 0 Å². The predicted octanol–water partition coefficient (Wildman–Crippen LogP) is 12.2. The van der Waals surface area contributed by atoms with Gasteiger partial charge in [-0.05, 0) is 143 Å². The van der Waals surface area contributed by atoms with Gasteiger partial charge in [-0.15, -0.1) is 0 Å². The number of ether oxygens (including phenoxy) is 2. The van der Waals surface area contributed by atoms with E-state index in [0.717, 1.165) is 66.7 Å². The number of hydrogen-bond acceptors (Lipinski definition) is 4. The molecule has 0 amide bonds.